The number of Topliss-reactive ketones (excluding diaryl/α,β-unsaturated/α-hetero) is 1. The molecule has 0 bridgehead atoms. The summed E-state index contributed by atoms with van der Waals surface area (Å²) in [4.78, 5) is 12.3. The zero-order valence-corrected chi connectivity index (χ0v) is 10.5. The smallest absolute Gasteiger partial charge is 0.194 e. The van der Waals surface area contributed by atoms with Crippen molar-refractivity contribution in [2.45, 2.75) is 20.8 Å². The zero-order valence-electron chi connectivity index (χ0n) is 10.5. The molecule has 0 saturated carbocycles. The summed E-state index contributed by atoms with van der Waals surface area (Å²) in [5, 5.41) is 0. The summed E-state index contributed by atoms with van der Waals surface area (Å²) >= 11 is 0. The molecule has 0 radical (unpaired) electrons. The summed E-state index contributed by atoms with van der Waals surface area (Å²) < 4.78 is 0. The van der Waals surface area contributed by atoms with Crippen LogP contribution < -0.4 is 0 Å². The van der Waals surface area contributed by atoms with Crippen LogP contribution in [0.4, 0.5) is 0 Å². The molecule has 1 aliphatic carbocycles. The molecule has 2 rings (SSSR count). The van der Waals surface area contributed by atoms with Crippen LogP contribution >= 0.6 is 0 Å². The van der Waals surface area contributed by atoms with Gasteiger partial charge in [0, 0.05) is 11.1 Å². The molecule has 17 heavy (non-hydrogen) atoms. The molecule has 1 aromatic rings. The van der Waals surface area contributed by atoms with E-state index in [1.807, 2.05) is 32.9 Å². The Hall–Kier alpha value is -1.89. The van der Waals surface area contributed by atoms with E-state index < -0.39 is 0 Å². The quantitative estimate of drug-likeness (QED) is 0.741. The number of benzene rings is 1. The van der Waals surface area contributed by atoms with E-state index in [0.717, 1.165) is 27.8 Å². The number of carbonyl (C=O) groups excluding carboxylic acids is 1. The third-order valence-electron chi connectivity index (χ3n) is 3.07. The van der Waals surface area contributed by atoms with E-state index in [9.17, 15) is 4.79 Å². The summed E-state index contributed by atoms with van der Waals surface area (Å²) in [5.41, 5.74) is 5.79. The molecule has 0 aliphatic heterocycles. The number of hydrogen-bond donors (Lipinski definition) is 0. The van der Waals surface area contributed by atoms with Crippen LogP contribution in [0.5, 0.6) is 0 Å². The van der Waals surface area contributed by atoms with E-state index in [1.54, 1.807) is 6.08 Å². The molecule has 0 spiro atoms. The van der Waals surface area contributed by atoms with Crippen LogP contribution in [0, 0.1) is 13.8 Å². The number of allylic oxidation sites excluding steroid dienone is 5. The van der Waals surface area contributed by atoms with E-state index in [2.05, 4.69) is 18.7 Å². The Morgan fingerprint density at radius 1 is 1.18 bits per heavy atom. The average Bonchev–Trinajstić information content (AvgIpc) is 2.52. The van der Waals surface area contributed by atoms with Crippen LogP contribution in [0.3, 0.4) is 0 Å². The highest BCUT2D eigenvalue weighted by Crippen LogP contribution is 2.36. The van der Waals surface area contributed by atoms with Gasteiger partial charge >= 0.3 is 0 Å². The molecular formula is C16H16O. The van der Waals surface area contributed by atoms with E-state index in [0.29, 0.717) is 0 Å². The van der Waals surface area contributed by atoms with Crippen molar-refractivity contribution in [2.75, 3.05) is 0 Å². The average molecular weight is 224 g/mol. The third-order valence-corrected chi connectivity index (χ3v) is 3.07. The molecule has 0 heterocycles. The van der Waals surface area contributed by atoms with Crippen molar-refractivity contribution in [2.24, 2.45) is 0 Å². The number of aryl methyl sites for hydroxylation is 2. The first-order valence-corrected chi connectivity index (χ1v) is 5.76. The lowest BCUT2D eigenvalue weighted by atomic mass is 9.98. The molecule has 0 aromatic heterocycles. The first-order chi connectivity index (χ1) is 8.10. The van der Waals surface area contributed by atoms with Gasteiger partial charge in [0.1, 0.15) is 0 Å². The van der Waals surface area contributed by atoms with E-state index in [4.69, 9.17) is 0 Å². The van der Waals surface area contributed by atoms with Gasteiger partial charge in [0.2, 0.25) is 0 Å². The lowest BCUT2D eigenvalue weighted by Gasteiger charge is -2.05. The van der Waals surface area contributed by atoms with Gasteiger partial charge in [0.25, 0.3) is 0 Å². The van der Waals surface area contributed by atoms with Gasteiger partial charge in [0.05, 0.1) is 0 Å². The number of hydrogen-bond acceptors (Lipinski definition) is 1. The first kappa shape index (κ1) is 11.6. The second-order valence-electron chi connectivity index (χ2n) is 4.36. The van der Waals surface area contributed by atoms with Gasteiger partial charge in [-0.1, -0.05) is 42.5 Å². The van der Waals surface area contributed by atoms with Crippen LogP contribution in [-0.2, 0) is 0 Å². The van der Waals surface area contributed by atoms with Crippen molar-refractivity contribution in [3.63, 3.8) is 0 Å². The normalized spacial score (nSPS) is 14.6. The molecule has 0 amide bonds. The van der Waals surface area contributed by atoms with Gasteiger partial charge in [-0.25, -0.2) is 0 Å². The van der Waals surface area contributed by atoms with Crippen molar-refractivity contribution < 1.29 is 4.79 Å². The summed E-state index contributed by atoms with van der Waals surface area (Å²) in [7, 11) is 0. The monoisotopic (exact) mass is 224 g/mol. The van der Waals surface area contributed by atoms with Crippen molar-refractivity contribution in [3.05, 3.63) is 64.8 Å². The Morgan fingerprint density at radius 3 is 2.47 bits per heavy atom. The molecule has 0 unspecified atom stereocenters. The minimum atomic E-state index is 0.116. The highest BCUT2D eigenvalue weighted by atomic mass is 16.1. The Bertz CT molecular complexity index is 571. The summed E-state index contributed by atoms with van der Waals surface area (Å²) in [6.07, 6.45) is 5.54. The topological polar surface area (TPSA) is 17.1 Å². The van der Waals surface area contributed by atoms with Crippen LogP contribution in [0.15, 0.2) is 42.5 Å². The number of fused-ring (bicyclic) bond motifs is 1. The van der Waals surface area contributed by atoms with Gasteiger partial charge in [-0.15, -0.1) is 0 Å². The molecule has 1 heteroatoms. The zero-order chi connectivity index (χ0) is 12.6. The Kier molecular flexibility index (Phi) is 2.84. The minimum absolute atomic E-state index is 0.116. The molecular weight excluding hydrogens is 208 g/mol. The van der Waals surface area contributed by atoms with Crippen molar-refractivity contribution in [1.82, 2.24) is 0 Å². The van der Waals surface area contributed by atoms with Crippen LogP contribution in [-0.4, -0.2) is 5.78 Å². The van der Waals surface area contributed by atoms with Crippen LogP contribution in [0.2, 0.25) is 0 Å². The Labute approximate surface area is 102 Å². The number of rotatable bonds is 2. The standard InChI is InChI=1S/C16H16O/c1-5-7-13-12(6-2)14-9-10(3)8-11(4)15(14)16(13)17/h5-9H,2H2,1,3-4H3/b7-5-. The van der Waals surface area contributed by atoms with Crippen molar-refractivity contribution in [1.29, 1.82) is 0 Å². The second kappa shape index (κ2) is 4.17. The van der Waals surface area contributed by atoms with E-state index >= 15 is 0 Å². The number of ketones is 1. The lowest BCUT2D eigenvalue weighted by molar-refractivity contribution is 0.104. The fourth-order valence-electron chi connectivity index (χ4n) is 2.44. The second-order valence-corrected chi connectivity index (χ2v) is 4.36. The summed E-state index contributed by atoms with van der Waals surface area (Å²) in [5.74, 6) is 0.116. The predicted molar refractivity (Wildman–Crippen MR) is 72.2 cm³/mol. The van der Waals surface area contributed by atoms with Gasteiger partial charge in [0.15, 0.2) is 5.78 Å². The van der Waals surface area contributed by atoms with Crippen molar-refractivity contribution >= 4 is 11.4 Å². The molecule has 1 aliphatic rings. The number of carbonyl (C=O) groups is 1. The van der Waals surface area contributed by atoms with Crippen LogP contribution in [0.1, 0.15) is 34.0 Å². The molecule has 0 atom stereocenters. The molecule has 0 N–H and O–H groups in total. The first-order valence-electron chi connectivity index (χ1n) is 5.76. The van der Waals surface area contributed by atoms with Crippen molar-refractivity contribution in [3.8, 4) is 0 Å². The fraction of sp³-hybridized carbons (Fsp3) is 0.188. The van der Waals surface area contributed by atoms with Gasteiger partial charge < -0.3 is 0 Å². The van der Waals surface area contributed by atoms with Gasteiger partial charge in [-0.2, -0.15) is 0 Å². The molecule has 0 fully saturated rings. The Morgan fingerprint density at radius 2 is 1.88 bits per heavy atom. The summed E-state index contributed by atoms with van der Waals surface area (Å²) in [6.45, 7) is 9.78. The third kappa shape index (κ3) is 1.68. The molecule has 0 saturated heterocycles. The maximum Gasteiger partial charge on any atom is 0.194 e. The Balaban J connectivity index is 2.77. The highest BCUT2D eigenvalue weighted by Gasteiger charge is 2.27. The largest absolute Gasteiger partial charge is 0.289 e. The van der Waals surface area contributed by atoms with Gasteiger partial charge in [-0.05, 0) is 37.5 Å². The van der Waals surface area contributed by atoms with E-state index in [-0.39, 0.29) is 5.78 Å². The molecule has 1 nitrogen and oxygen atoms in total. The van der Waals surface area contributed by atoms with Crippen LogP contribution in [0.25, 0.3) is 5.57 Å². The summed E-state index contributed by atoms with van der Waals surface area (Å²) in [6, 6.07) is 4.11. The molecule has 86 valence electrons. The maximum absolute atomic E-state index is 12.3. The maximum atomic E-state index is 12.3. The van der Waals surface area contributed by atoms with E-state index in [1.165, 1.54) is 5.56 Å². The minimum Gasteiger partial charge on any atom is -0.289 e. The molecule has 1 aromatic carbocycles. The SMILES string of the molecule is C=CC1=C(/C=C\C)C(=O)c2c(C)cc(C)cc21. The lowest BCUT2D eigenvalue weighted by Crippen LogP contribution is -2.00. The highest BCUT2D eigenvalue weighted by molar-refractivity contribution is 6.24. The predicted octanol–water partition coefficient (Wildman–Crippen LogP) is 4.02. The van der Waals surface area contributed by atoms with Gasteiger partial charge in [-0.3, -0.25) is 4.79 Å². The fourth-order valence-corrected chi connectivity index (χ4v) is 2.44.